The molecule has 0 aliphatic carbocycles. The third-order valence-electron chi connectivity index (χ3n) is 10.4. The van der Waals surface area contributed by atoms with E-state index in [1.54, 1.807) is 13.8 Å². The molecule has 0 aromatic heterocycles. The Morgan fingerprint density at radius 2 is 1.56 bits per heavy atom. The van der Waals surface area contributed by atoms with Gasteiger partial charge in [-0.05, 0) is 68.7 Å². The van der Waals surface area contributed by atoms with Crippen molar-refractivity contribution in [2.24, 2.45) is 5.41 Å². The van der Waals surface area contributed by atoms with Crippen molar-refractivity contribution < 1.29 is 57.2 Å². The van der Waals surface area contributed by atoms with Gasteiger partial charge in [-0.1, -0.05) is 62.7 Å². The van der Waals surface area contributed by atoms with Gasteiger partial charge in [-0.25, -0.2) is 9.59 Å². The monoisotopic (exact) mass is 916 g/mol. The summed E-state index contributed by atoms with van der Waals surface area (Å²) in [6.07, 6.45) is 1.20. The van der Waals surface area contributed by atoms with Crippen molar-refractivity contribution in [1.82, 2.24) is 25.8 Å². The molecule has 0 radical (unpaired) electrons. The molecule has 6 atom stereocenters. The van der Waals surface area contributed by atoms with Crippen LogP contribution in [-0.2, 0) is 54.3 Å². The minimum atomic E-state index is -0.925. The third kappa shape index (κ3) is 13.3. The molecule has 63 heavy (non-hydrogen) atoms. The van der Waals surface area contributed by atoms with Crippen molar-refractivity contribution in [3.8, 4) is 0 Å². The lowest BCUT2D eigenvalue weighted by molar-refractivity contribution is -0.164. The third-order valence-corrected chi connectivity index (χ3v) is 10.8. The lowest BCUT2D eigenvalue weighted by atomic mass is 9.85. The van der Waals surface area contributed by atoms with Gasteiger partial charge in [0, 0.05) is 37.9 Å². The van der Waals surface area contributed by atoms with Gasteiger partial charge in [0.1, 0.15) is 30.8 Å². The lowest BCUT2D eigenvalue weighted by Gasteiger charge is -2.35. The van der Waals surface area contributed by atoms with Crippen LogP contribution in [0.15, 0.2) is 60.3 Å². The molecule has 20 heteroatoms. The van der Waals surface area contributed by atoms with Gasteiger partial charge >= 0.3 is 18.0 Å². The Balaban J connectivity index is 0.000000281. The first-order chi connectivity index (χ1) is 29.5. The van der Waals surface area contributed by atoms with Gasteiger partial charge in [0.25, 0.3) is 5.91 Å². The maximum absolute atomic E-state index is 13.6. The molecule has 5 N–H and O–H groups in total. The summed E-state index contributed by atoms with van der Waals surface area (Å²) in [5.41, 5.74) is 6.83. The SMILES string of the molecule is CCO[C@@H]1OC(=O)C=C1NC(=O)[C@@H]1CCCN1C(=O)OCc1ccccc1.CCO[C@@H]1OC(=O)C[C@@H]1NC(=O)[C@@H]1CCCN1C(=O)[C@@H](NC(=O)c1ccc(N)c(Cl)c1)C(C)(C)C.S. The van der Waals surface area contributed by atoms with Crippen LogP contribution < -0.4 is 21.7 Å². The van der Waals surface area contributed by atoms with E-state index in [9.17, 15) is 33.6 Å². The summed E-state index contributed by atoms with van der Waals surface area (Å²) in [5, 5.41) is 8.51. The van der Waals surface area contributed by atoms with Crippen LogP contribution >= 0.6 is 25.1 Å². The molecule has 2 aromatic rings. The summed E-state index contributed by atoms with van der Waals surface area (Å²) in [7, 11) is 0. The molecule has 6 rings (SSSR count). The largest absolute Gasteiger partial charge is 0.445 e. The van der Waals surface area contributed by atoms with Crippen molar-refractivity contribution in [2.75, 3.05) is 32.0 Å². The second-order valence-corrected chi connectivity index (χ2v) is 16.4. The fourth-order valence-corrected chi connectivity index (χ4v) is 7.48. The highest BCUT2D eigenvalue weighted by Crippen LogP contribution is 2.28. The smallest absolute Gasteiger partial charge is 0.410 e. The average molecular weight is 917 g/mol. The molecular formula is C43H57ClN6O12S. The average Bonchev–Trinajstić information content (AvgIpc) is 4.05. The van der Waals surface area contributed by atoms with Crippen LogP contribution in [-0.4, -0.2) is 115 Å². The van der Waals surface area contributed by atoms with Gasteiger partial charge in [-0.15, -0.1) is 0 Å². The first-order valence-electron chi connectivity index (χ1n) is 20.6. The summed E-state index contributed by atoms with van der Waals surface area (Å²) in [6.45, 7) is 10.6. The lowest BCUT2D eigenvalue weighted by Crippen LogP contribution is -2.58. The van der Waals surface area contributed by atoms with E-state index >= 15 is 0 Å². The zero-order chi connectivity index (χ0) is 45.1. The molecule has 5 amide bonds. The van der Waals surface area contributed by atoms with E-state index in [1.807, 2.05) is 51.1 Å². The summed E-state index contributed by atoms with van der Waals surface area (Å²) >= 11 is 6.05. The van der Waals surface area contributed by atoms with Crippen LogP contribution in [0.3, 0.4) is 0 Å². The second-order valence-electron chi connectivity index (χ2n) is 16.0. The Morgan fingerprint density at radius 3 is 2.19 bits per heavy atom. The van der Waals surface area contributed by atoms with E-state index in [0.717, 1.165) is 5.56 Å². The van der Waals surface area contributed by atoms with Crippen LogP contribution in [0, 0.1) is 5.41 Å². The van der Waals surface area contributed by atoms with Crippen molar-refractivity contribution in [2.45, 2.75) is 110 Å². The number of hydrogen-bond donors (Lipinski definition) is 4. The molecule has 3 fully saturated rings. The number of halogens is 1. The van der Waals surface area contributed by atoms with E-state index in [4.69, 9.17) is 41.0 Å². The molecule has 0 unspecified atom stereocenters. The maximum Gasteiger partial charge on any atom is 0.410 e. The number of esters is 2. The highest BCUT2D eigenvalue weighted by atomic mass is 35.5. The highest BCUT2D eigenvalue weighted by Gasteiger charge is 2.44. The predicted molar refractivity (Wildman–Crippen MR) is 234 cm³/mol. The number of carbonyl (C=O) groups excluding carboxylic acids is 7. The van der Waals surface area contributed by atoms with E-state index in [-0.39, 0.29) is 54.6 Å². The van der Waals surface area contributed by atoms with Crippen molar-refractivity contribution in [3.63, 3.8) is 0 Å². The molecule has 3 saturated heterocycles. The Hall–Kier alpha value is -5.37. The summed E-state index contributed by atoms with van der Waals surface area (Å²) in [5.74, 6) is -2.63. The zero-order valence-corrected chi connectivity index (χ0v) is 37.7. The second kappa shape index (κ2) is 22.8. The Bertz CT molecular complexity index is 2020. The van der Waals surface area contributed by atoms with Crippen LogP contribution in [0.25, 0.3) is 0 Å². The Morgan fingerprint density at radius 1 is 0.905 bits per heavy atom. The number of nitrogens with one attached hydrogen (secondary N) is 3. The van der Waals surface area contributed by atoms with E-state index in [2.05, 4.69) is 16.0 Å². The van der Waals surface area contributed by atoms with Crippen molar-refractivity contribution in [1.29, 1.82) is 0 Å². The molecule has 4 aliphatic rings. The molecule has 344 valence electrons. The van der Waals surface area contributed by atoms with E-state index < -0.39 is 72.0 Å². The number of benzene rings is 2. The number of hydrogen-bond acceptors (Lipinski definition) is 13. The number of nitrogens with two attached hydrogens (primary N) is 1. The Kier molecular flexibility index (Phi) is 18.2. The Labute approximate surface area is 378 Å². The number of carbonyl (C=O) groups is 7. The molecule has 0 saturated carbocycles. The molecular weight excluding hydrogens is 860 g/mol. The van der Waals surface area contributed by atoms with Crippen LogP contribution in [0.4, 0.5) is 10.5 Å². The standard InChI is InChI=1S/C24H33ClN4O6.C19H22N2O6.H2S/c1-5-34-23-16(12-18(30)35-23)27-21(32)17-7-6-10-29(17)22(33)19(24(2,3)4)28-20(31)13-8-9-15(26)14(25)11-13;1-2-25-18-14(11-16(22)27-18)20-17(23)15-9-6-10-21(15)19(24)26-12-13-7-4-3-5-8-13;/h8-9,11,16-17,19,23H,5-7,10,12,26H2,1-4H3,(H,27,32)(H,28,31);3-5,7-8,11,15,18H,2,6,9-10,12H2,1H3,(H,20,23);1H2/t16-,17-,19+,23+;15-,18+;/m00./s1. The summed E-state index contributed by atoms with van der Waals surface area (Å²) < 4.78 is 26.1. The van der Waals surface area contributed by atoms with Gasteiger partial charge in [0.2, 0.25) is 30.3 Å². The highest BCUT2D eigenvalue weighted by molar-refractivity contribution is 7.59. The van der Waals surface area contributed by atoms with Gasteiger partial charge in [-0.3, -0.25) is 28.9 Å². The topological polar surface area (TPSA) is 234 Å². The predicted octanol–water partition coefficient (Wildman–Crippen LogP) is 3.67. The van der Waals surface area contributed by atoms with E-state index in [1.165, 1.54) is 34.1 Å². The molecule has 4 heterocycles. The zero-order valence-electron chi connectivity index (χ0n) is 36.0. The number of anilines is 1. The fourth-order valence-electron chi connectivity index (χ4n) is 7.30. The van der Waals surface area contributed by atoms with Crippen molar-refractivity contribution >= 4 is 72.4 Å². The summed E-state index contributed by atoms with van der Waals surface area (Å²) in [4.78, 5) is 90.7. The number of cyclic esters (lactones) is 2. The quantitative estimate of drug-likeness (QED) is 0.128. The van der Waals surface area contributed by atoms with Crippen LogP contribution in [0.1, 0.15) is 82.6 Å². The van der Waals surface area contributed by atoms with Gasteiger partial charge in [-0.2, -0.15) is 13.5 Å². The molecule has 4 aliphatic heterocycles. The first kappa shape index (κ1) is 50.3. The molecule has 0 spiro atoms. The van der Waals surface area contributed by atoms with Gasteiger partial charge in [0.15, 0.2) is 0 Å². The fraction of sp³-hybridized carbons (Fsp3) is 0.512. The van der Waals surface area contributed by atoms with E-state index in [0.29, 0.717) is 57.7 Å². The number of nitrogen functional groups attached to an aromatic ring is 1. The molecule has 2 aromatic carbocycles. The van der Waals surface area contributed by atoms with Gasteiger partial charge < -0.3 is 50.3 Å². The normalized spacial score (nSPS) is 22.1. The number of amides is 5. The summed E-state index contributed by atoms with van der Waals surface area (Å²) in [6, 6.07) is 10.9. The number of ether oxygens (including phenoxy) is 5. The number of likely N-dealkylation sites (tertiary alicyclic amines) is 2. The van der Waals surface area contributed by atoms with Crippen molar-refractivity contribution in [3.05, 3.63) is 76.5 Å². The first-order valence-corrected chi connectivity index (χ1v) is 21.0. The van der Waals surface area contributed by atoms with Crippen LogP contribution in [0.2, 0.25) is 5.02 Å². The number of rotatable bonds is 13. The van der Waals surface area contributed by atoms with Crippen LogP contribution in [0.5, 0.6) is 0 Å². The van der Waals surface area contributed by atoms with Gasteiger partial charge in [0.05, 0.1) is 22.8 Å². The minimum absolute atomic E-state index is 0. The minimum Gasteiger partial charge on any atom is -0.445 e. The molecule has 18 nitrogen and oxygen atoms in total. The molecule has 0 bridgehead atoms. The maximum atomic E-state index is 13.6. The number of nitrogens with zero attached hydrogens (tertiary/aromatic N) is 2.